The molecule has 0 unspecified atom stereocenters. The fourth-order valence-electron chi connectivity index (χ4n) is 2.64. The van der Waals surface area contributed by atoms with Crippen LogP contribution in [-0.4, -0.2) is 45.1 Å². The second-order valence-corrected chi connectivity index (χ2v) is 5.51. The summed E-state index contributed by atoms with van der Waals surface area (Å²) in [7, 11) is 0. The van der Waals surface area contributed by atoms with Crippen LogP contribution in [0.1, 0.15) is 25.2 Å². The normalized spacial score (nSPS) is 18.1. The van der Waals surface area contributed by atoms with Crippen LogP contribution in [0.25, 0.3) is 11.6 Å². The zero-order valence-corrected chi connectivity index (χ0v) is 12.5. The van der Waals surface area contributed by atoms with E-state index in [1.54, 1.807) is 17.0 Å². The highest BCUT2D eigenvalue weighted by Gasteiger charge is 2.28. The van der Waals surface area contributed by atoms with E-state index in [2.05, 4.69) is 10.1 Å². The molecule has 1 saturated heterocycles. The number of furan rings is 1. The number of piperidine rings is 1. The van der Waals surface area contributed by atoms with Crippen LogP contribution in [0.2, 0.25) is 0 Å². The fraction of sp³-hybridized carbons (Fsp3) is 0.467. The van der Waals surface area contributed by atoms with E-state index in [9.17, 15) is 9.59 Å². The molecule has 122 valence electrons. The molecule has 1 atom stereocenters. The lowest BCUT2D eigenvalue weighted by atomic mass is 9.98. The van der Waals surface area contributed by atoms with Gasteiger partial charge in [0.1, 0.15) is 0 Å². The number of carboxylic acids is 1. The van der Waals surface area contributed by atoms with Crippen LogP contribution in [-0.2, 0) is 16.0 Å². The van der Waals surface area contributed by atoms with Crippen molar-refractivity contribution in [2.75, 3.05) is 13.1 Å². The molecule has 1 aliphatic heterocycles. The summed E-state index contributed by atoms with van der Waals surface area (Å²) >= 11 is 0. The Labute approximate surface area is 132 Å². The number of carboxylic acid groups (broad SMARTS) is 1. The molecule has 1 fully saturated rings. The Hall–Kier alpha value is -2.64. The largest absolute Gasteiger partial charge is 0.481 e. The highest BCUT2D eigenvalue weighted by molar-refractivity contribution is 5.78. The molecule has 0 bridgehead atoms. The Balaban J connectivity index is 1.54. The number of hydrogen-bond donors (Lipinski definition) is 1. The molecular formula is C15H17N3O5. The molecule has 0 spiro atoms. The van der Waals surface area contributed by atoms with Crippen molar-refractivity contribution >= 4 is 11.9 Å². The average molecular weight is 319 g/mol. The standard InChI is InChI=1S/C15H17N3O5/c19-13(18-7-1-3-10(9-18)15(20)21)6-5-12-16-14(17-23-12)11-4-2-8-22-11/h2,4,8,10H,1,3,5-7,9H2,(H,20,21)/t10-/m0/s1. The van der Waals surface area contributed by atoms with Gasteiger partial charge in [-0.05, 0) is 25.0 Å². The Morgan fingerprint density at radius 1 is 1.43 bits per heavy atom. The smallest absolute Gasteiger partial charge is 0.308 e. The van der Waals surface area contributed by atoms with E-state index in [4.69, 9.17) is 14.0 Å². The minimum absolute atomic E-state index is 0.0892. The van der Waals surface area contributed by atoms with Crippen molar-refractivity contribution in [2.24, 2.45) is 5.92 Å². The number of aliphatic carboxylic acids is 1. The molecule has 8 nitrogen and oxygen atoms in total. The number of hydrogen-bond acceptors (Lipinski definition) is 6. The number of aryl methyl sites for hydroxylation is 1. The van der Waals surface area contributed by atoms with E-state index in [0.717, 1.165) is 0 Å². The third-order valence-corrected chi connectivity index (χ3v) is 3.89. The first-order chi connectivity index (χ1) is 11.1. The summed E-state index contributed by atoms with van der Waals surface area (Å²) in [6.07, 6.45) is 3.39. The number of carbonyl (C=O) groups excluding carboxylic acids is 1. The molecule has 2 aromatic heterocycles. The molecule has 23 heavy (non-hydrogen) atoms. The number of rotatable bonds is 5. The molecule has 3 heterocycles. The van der Waals surface area contributed by atoms with Gasteiger partial charge in [0.15, 0.2) is 5.76 Å². The number of likely N-dealkylation sites (tertiary alicyclic amines) is 1. The predicted octanol–water partition coefficient (Wildman–Crippen LogP) is 1.59. The van der Waals surface area contributed by atoms with Crippen LogP contribution < -0.4 is 0 Å². The van der Waals surface area contributed by atoms with Crippen molar-refractivity contribution in [1.29, 1.82) is 0 Å². The predicted molar refractivity (Wildman–Crippen MR) is 77.3 cm³/mol. The van der Waals surface area contributed by atoms with E-state index in [-0.39, 0.29) is 18.9 Å². The maximum Gasteiger partial charge on any atom is 0.308 e. The maximum atomic E-state index is 12.2. The first-order valence-corrected chi connectivity index (χ1v) is 7.50. The van der Waals surface area contributed by atoms with Crippen LogP contribution >= 0.6 is 0 Å². The minimum Gasteiger partial charge on any atom is -0.481 e. The van der Waals surface area contributed by atoms with Gasteiger partial charge < -0.3 is 18.9 Å². The lowest BCUT2D eigenvalue weighted by Gasteiger charge is -2.30. The summed E-state index contributed by atoms with van der Waals surface area (Å²) in [5.41, 5.74) is 0. The van der Waals surface area contributed by atoms with Gasteiger partial charge in [0.25, 0.3) is 0 Å². The molecular weight excluding hydrogens is 302 g/mol. The van der Waals surface area contributed by atoms with E-state index in [0.29, 0.717) is 43.3 Å². The molecule has 3 rings (SSSR count). The third-order valence-electron chi connectivity index (χ3n) is 3.89. The first-order valence-electron chi connectivity index (χ1n) is 7.50. The van der Waals surface area contributed by atoms with Crippen LogP contribution in [0.4, 0.5) is 0 Å². The van der Waals surface area contributed by atoms with E-state index in [1.165, 1.54) is 6.26 Å². The van der Waals surface area contributed by atoms with E-state index in [1.807, 2.05) is 0 Å². The fourth-order valence-corrected chi connectivity index (χ4v) is 2.64. The summed E-state index contributed by atoms with van der Waals surface area (Å²) < 4.78 is 10.3. The van der Waals surface area contributed by atoms with Crippen LogP contribution in [0.3, 0.4) is 0 Å². The average Bonchev–Trinajstić information content (AvgIpc) is 3.23. The zero-order chi connectivity index (χ0) is 16.2. The number of nitrogens with zero attached hydrogens (tertiary/aromatic N) is 3. The van der Waals surface area contributed by atoms with Crippen molar-refractivity contribution in [3.8, 4) is 11.6 Å². The van der Waals surface area contributed by atoms with Crippen molar-refractivity contribution in [3.63, 3.8) is 0 Å². The molecule has 1 aliphatic rings. The van der Waals surface area contributed by atoms with Gasteiger partial charge in [-0.15, -0.1) is 0 Å². The topological polar surface area (TPSA) is 110 Å². The van der Waals surface area contributed by atoms with Crippen molar-refractivity contribution in [2.45, 2.75) is 25.7 Å². The van der Waals surface area contributed by atoms with E-state index >= 15 is 0 Å². The molecule has 1 N–H and O–H groups in total. The maximum absolute atomic E-state index is 12.2. The van der Waals surface area contributed by atoms with Crippen molar-refractivity contribution in [3.05, 3.63) is 24.3 Å². The van der Waals surface area contributed by atoms with Crippen LogP contribution in [0.15, 0.2) is 27.3 Å². The molecule has 1 amide bonds. The third kappa shape index (κ3) is 3.58. The molecule has 0 saturated carbocycles. The van der Waals surface area contributed by atoms with Crippen LogP contribution in [0.5, 0.6) is 0 Å². The van der Waals surface area contributed by atoms with Gasteiger partial charge in [0, 0.05) is 25.9 Å². The summed E-state index contributed by atoms with van der Waals surface area (Å²) in [5.74, 6) is -0.192. The highest BCUT2D eigenvalue weighted by Crippen LogP contribution is 2.19. The SMILES string of the molecule is O=C(O)[C@H]1CCCN(C(=O)CCc2nc(-c3ccco3)no2)C1. The number of carbonyl (C=O) groups is 2. The van der Waals surface area contributed by atoms with Gasteiger partial charge >= 0.3 is 5.97 Å². The second kappa shape index (κ2) is 6.64. The zero-order valence-electron chi connectivity index (χ0n) is 12.5. The molecule has 0 aromatic carbocycles. The Kier molecular flexibility index (Phi) is 4.40. The highest BCUT2D eigenvalue weighted by atomic mass is 16.5. The molecule has 0 aliphatic carbocycles. The first kappa shape index (κ1) is 15.3. The van der Waals surface area contributed by atoms with Gasteiger partial charge in [-0.1, -0.05) is 5.16 Å². The summed E-state index contributed by atoms with van der Waals surface area (Å²) in [4.78, 5) is 29.0. The summed E-state index contributed by atoms with van der Waals surface area (Å²) in [6.45, 7) is 0.875. The van der Waals surface area contributed by atoms with Gasteiger partial charge in [-0.3, -0.25) is 9.59 Å². The summed E-state index contributed by atoms with van der Waals surface area (Å²) in [5, 5.41) is 12.9. The lowest BCUT2D eigenvalue weighted by molar-refractivity contribution is -0.145. The minimum atomic E-state index is -0.845. The monoisotopic (exact) mass is 319 g/mol. The Bertz CT molecular complexity index is 679. The quantitative estimate of drug-likeness (QED) is 0.891. The molecule has 2 aromatic rings. The molecule has 0 radical (unpaired) electrons. The van der Waals surface area contributed by atoms with Gasteiger partial charge in [0.05, 0.1) is 12.2 Å². The Morgan fingerprint density at radius 2 is 2.30 bits per heavy atom. The second-order valence-electron chi connectivity index (χ2n) is 5.51. The summed E-state index contributed by atoms with van der Waals surface area (Å²) in [6, 6.07) is 3.45. The van der Waals surface area contributed by atoms with Crippen molar-refractivity contribution in [1.82, 2.24) is 15.0 Å². The lowest BCUT2D eigenvalue weighted by Crippen LogP contribution is -2.42. The van der Waals surface area contributed by atoms with Gasteiger partial charge in [-0.25, -0.2) is 0 Å². The van der Waals surface area contributed by atoms with Crippen LogP contribution in [0, 0.1) is 5.92 Å². The van der Waals surface area contributed by atoms with Gasteiger partial charge in [0.2, 0.25) is 17.6 Å². The molecule has 8 heteroatoms. The number of aromatic nitrogens is 2. The number of amides is 1. The van der Waals surface area contributed by atoms with Crippen molar-refractivity contribution < 1.29 is 23.6 Å². The Morgan fingerprint density at radius 3 is 3.04 bits per heavy atom. The van der Waals surface area contributed by atoms with Gasteiger partial charge in [-0.2, -0.15) is 4.98 Å². The van der Waals surface area contributed by atoms with E-state index < -0.39 is 11.9 Å².